The summed E-state index contributed by atoms with van der Waals surface area (Å²) in [5.41, 5.74) is 3.00. The van der Waals surface area contributed by atoms with Crippen molar-refractivity contribution in [2.24, 2.45) is 0 Å². The Morgan fingerprint density at radius 3 is 2.33 bits per heavy atom. The Morgan fingerprint density at radius 2 is 1.87 bits per heavy atom. The highest BCUT2D eigenvalue weighted by Crippen LogP contribution is 2.17. The lowest BCUT2D eigenvalue weighted by atomic mass is 9.96. The number of ketones is 1. The maximum atomic E-state index is 11.4. The molecule has 0 aromatic heterocycles. The normalized spacial score (nSPS) is 10.1. The Bertz CT molecular complexity index is 419. The number of aryl methyl sites for hydroxylation is 2. The van der Waals surface area contributed by atoms with Crippen molar-refractivity contribution in [2.45, 2.75) is 27.2 Å². The number of hydrogen-bond donors (Lipinski definition) is 1. The minimum absolute atomic E-state index is 0.305. The Hall–Kier alpha value is -1.64. The van der Waals surface area contributed by atoms with E-state index < -0.39 is 11.8 Å². The Balaban J connectivity index is 3.34. The summed E-state index contributed by atoms with van der Waals surface area (Å²) in [5, 5.41) is 8.66. The van der Waals surface area contributed by atoms with Crippen LogP contribution in [0.4, 0.5) is 0 Å². The highest BCUT2D eigenvalue weighted by atomic mass is 16.4. The molecule has 0 radical (unpaired) electrons. The highest BCUT2D eigenvalue weighted by molar-refractivity contribution is 6.40. The first-order chi connectivity index (χ1) is 6.97. The summed E-state index contributed by atoms with van der Waals surface area (Å²) in [4.78, 5) is 22.0. The fraction of sp³-hybridized carbons (Fsp3) is 0.333. The van der Waals surface area contributed by atoms with E-state index >= 15 is 0 Å². The van der Waals surface area contributed by atoms with Gasteiger partial charge in [0, 0.05) is 5.56 Å². The van der Waals surface area contributed by atoms with Gasteiger partial charge in [0.15, 0.2) is 0 Å². The van der Waals surface area contributed by atoms with Crippen LogP contribution in [0.5, 0.6) is 0 Å². The van der Waals surface area contributed by atoms with Crippen LogP contribution in [-0.4, -0.2) is 16.9 Å². The molecule has 1 N–H and O–H groups in total. The number of carbonyl (C=O) groups is 2. The largest absolute Gasteiger partial charge is 0.475 e. The van der Waals surface area contributed by atoms with E-state index in [0.717, 1.165) is 23.1 Å². The molecule has 0 aliphatic rings. The van der Waals surface area contributed by atoms with E-state index in [1.54, 1.807) is 13.0 Å². The van der Waals surface area contributed by atoms with E-state index in [0.29, 0.717) is 5.56 Å². The summed E-state index contributed by atoms with van der Waals surface area (Å²) in [6.07, 6.45) is 0.793. The van der Waals surface area contributed by atoms with Crippen LogP contribution < -0.4 is 0 Å². The average Bonchev–Trinajstić information content (AvgIpc) is 2.20. The van der Waals surface area contributed by atoms with Crippen molar-refractivity contribution < 1.29 is 14.7 Å². The zero-order valence-electron chi connectivity index (χ0n) is 9.13. The first-order valence-corrected chi connectivity index (χ1v) is 4.85. The molecule has 3 nitrogen and oxygen atoms in total. The Labute approximate surface area is 88.7 Å². The molecule has 80 valence electrons. The maximum Gasteiger partial charge on any atom is 0.377 e. The van der Waals surface area contributed by atoms with E-state index in [9.17, 15) is 9.59 Å². The third-order valence-electron chi connectivity index (χ3n) is 2.57. The Kier molecular flexibility index (Phi) is 3.24. The predicted molar refractivity (Wildman–Crippen MR) is 57.3 cm³/mol. The number of hydrogen-bond acceptors (Lipinski definition) is 2. The fourth-order valence-electron chi connectivity index (χ4n) is 1.49. The van der Waals surface area contributed by atoms with Gasteiger partial charge in [-0.15, -0.1) is 0 Å². The lowest BCUT2D eigenvalue weighted by Crippen LogP contribution is -2.15. The highest BCUT2D eigenvalue weighted by Gasteiger charge is 2.18. The van der Waals surface area contributed by atoms with Gasteiger partial charge in [0.05, 0.1) is 0 Å². The third-order valence-corrected chi connectivity index (χ3v) is 2.57. The van der Waals surface area contributed by atoms with E-state index in [1.165, 1.54) is 0 Å². The third kappa shape index (κ3) is 2.24. The average molecular weight is 206 g/mol. The molecule has 0 saturated heterocycles. The number of aliphatic carboxylic acids is 1. The summed E-state index contributed by atoms with van der Waals surface area (Å²) in [5.74, 6) is -2.23. The van der Waals surface area contributed by atoms with Gasteiger partial charge in [0.2, 0.25) is 0 Å². The second-order valence-electron chi connectivity index (χ2n) is 3.57. The molecule has 1 rings (SSSR count). The molecule has 0 heterocycles. The number of rotatable bonds is 3. The summed E-state index contributed by atoms with van der Waals surface area (Å²) in [6, 6.07) is 3.65. The van der Waals surface area contributed by atoms with Gasteiger partial charge in [-0.1, -0.05) is 13.0 Å². The number of benzene rings is 1. The van der Waals surface area contributed by atoms with Crippen LogP contribution in [0.3, 0.4) is 0 Å². The molecule has 0 fully saturated rings. The quantitative estimate of drug-likeness (QED) is 0.609. The van der Waals surface area contributed by atoms with Crippen LogP contribution in [0.25, 0.3) is 0 Å². The number of carboxylic acid groups (broad SMARTS) is 1. The van der Waals surface area contributed by atoms with Gasteiger partial charge in [0.1, 0.15) is 0 Å². The van der Waals surface area contributed by atoms with Gasteiger partial charge in [-0.05, 0) is 43.0 Å². The second-order valence-corrected chi connectivity index (χ2v) is 3.57. The molecule has 15 heavy (non-hydrogen) atoms. The van der Waals surface area contributed by atoms with Crippen LogP contribution in [0.2, 0.25) is 0 Å². The molecule has 0 saturated carbocycles. The predicted octanol–water partition coefficient (Wildman–Crippen LogP) is 2.13. The van der Waals surface area contributed by atoms with Gasteiger partial charge in [-0.3, -0.25) is 4.79 Å². The van der Waals surface area contributed by atoms with Crippen molar-refractivity contribution in [1.82, 2.24) is 0 Å². The minimum atomic E-state index is -1.40. The van der Waals surface area contributed by atoms with Gasteiger partial charge in [-0.25, -0.2) is 4.79 Å². The zero-order valence-corrected chi connectivity index (χ0v) is 9.13. The minimum Gasteiger partial charge on any atom is -0.475 e. The zero-order chi connectivity index (χ0) is 11.6. The molecule has 1 aromatic carbocycles. The van der Waals surface area contributed by atoms with Crippen molar-refractivity contribution in [3.05, 3.63) is 34.4 Å². The first kappa shape index (κ1) is 11.4. The number of Topliss-reactive ketones (excluding diaryl/α,β-unsaturated/α-hetero) is 1. The van der Waals surface area contributed by atoms with Crippen molar-refractivity contribution in [3.63, 3.8) is 0 Å². The molecule has 3 heteroatoms. The van der Waals surface area contributed by atoms with Crippen LogP contribution in [0.15, 0.2) is 12.1 Å². The second kappa shape index (κ2) is 4.26. The fourth-order valence-corrected chi connectivity index (χ4v) is 1.49. The van der Waals surface area contributed by atoms with Crippen LogP contribution >= 0.6 is 0 Å². The van der Waals surface area contributed by atoms with Crippen molar-refractivity contribution in [2.75, 3.05) is 0 Å². The standard InChI is InChI=1S/C12H14O3/c1-4-9-5-7(2)8(3)10(6-9)11(13)12(14)15/h5-6H,4H2,1-3H3,(H,14,15). The Morgan fingerprint density at radius 1 is 1.27 bits per heavy atom. The van der Waals surface area contributed by atoms with Gasteiger partial charge >= 0.3 is 5.97 Å². The molecule has 0 amide bonds. The van der Waals surface area contributed by atoms with E-state index in [1.807, 2.05) is 19.9 Å². The SMILES string of the molecule is CCc1cc(C)c(C)c(C(=O)C(=O)O)c1. The topological polar surface area (TPSA) is 54.4 Å². The number of carboxylic acids is 1. The van der Waals surface area contributed by atoms with Crippen molar-refractivity contribution in [1.29, 1.82) is 0 Å². The molecule has 0 spiro atoms. The maximum absolute atomic E-state index is 11.4. The van der Waals surface area contributed by atoms with Crippen LogP contribution in [0.1, 0.15) is 34.0 Å². The van der Waals surface area contributed by atoms with E-state index in [-0.39, 0.29) is 0 Å². The monoisotopic (exact) mass is 206 g/mol. The van der Waals surface area contributed by atoms with Crippen LogP contribution in [0, 0.1) is 13.8 Å². The van der Waals surface area contributed by atoms with Crippen molar-refractivity contribution in [3.8, 4) is 0 Å². The smallest absolute Gasteiger partial charge is 0.377 e. The molecular weight excluding hydrogens is 192 g/mol. The molecule has 0 bridgehead atoms. The van der Waals surface area contributed by atoms with Gasteiger partial charge in [0.25, 0.3) is 5.78 Å². The number of carbonyl (C=O) groups excluding carboxylic acids is 1. The molecular formula is C12H14O3. The van der Waals surface area contributed by atoms with Crippen LogP contribution in [-0.2, 0) is 11.2 Å². The van der Waals surface area contributed by atoms with Gasteiger partial charge in [-0.2, -0.15) is 0 Å². The lowest BCUT2D eigenvalue weighted by Gasteiger charge is -2.08. The van der Waals surface area contributed by atoms with E-state index in [4.69, 9.17) is 5.11 Å². The summed E-state index contributed by atoms with van der Waals surface area (Å²) >= 11 is 0. The molecule has 0 atom stereocenters. The van der Waals surface area contributed by atoms with Gasteiger partial charge < -0.3 is 5.11 Å². The summed E-state index contributed by atoms with van der Waals surface area (Å²) < 4.78 is 0. The molecule has 0 aliphatic carbocycles. The summed E-state index contributed by atoms with van der Waals surface area (Å²) in [6.45, 7) is 5.62. The molecule has 1 aromatic rings. The van der Waals surface area contributed by atoms with E-state index in [2.05, 4.69) is 0 Å². The van der Waals surface area contributed by atoms with Crippen molar-refractivity contribution >= 4 is 11.8 Å². The molecule has 0 aliphatic heterocycles. The first-order valence-electron chi connectivity index (χ1n) is 4.85. The summed E-state index contributed by atoms with van der Waals surface area (Å²) in [7, 11) is 0. The lowest BCUT2D eigenvalue weighted by molar-refractivity contribution is -0.131. The molecule has 0 unspecified atom stereocenters.